The number of nitro benzene ring substituents is 1. The summed E-state index contributed by atoms with van der Waals surface area (Å²) in [7, 11) is 0. The molecule has 0 aromatic heterocycles. The molecule has 3 N–H and O–H groups in total. The number of phenols is 1. The lowest BCUT2D eigenvalue weighted by Gasteiger charge is -2.14. The van der Waals surface area contributed by atoms with E-state index in [0.717, 1.165) is 27.4 Å². The maximum absolute atomic E-state index is 12.8. The summed E-state index contributed by atoms with van der Waals surface area (Å²) in [6.45, 7) is 0. The number of aromatic hydroxyl groups is 1. The lowest BCUT2D eigenvalue weighted by Crippen LogP contribution is -2.31. The maximum Gasteiger partial charge on any atom is 0.271 e. The van der Waals surface area contributed by atoms with Crippen LogP contribution in [0.25, 0.3) is 10.8 Å². The molecular weight excluding hydrogens is 446 g/mol. The molecule has 33 heavy (non-hydrogen) atoms. The first-order valence-corrected chi connectivity index (χ1v) is 10.6. The number of nitro groups is 1. The van der Waals surface area contributed by atoms with Gasteiger partial charge in [0.1, 0.15) is 11.0 Å². The fraction of sp³-hybridized carbons (Fsp3) is 0.0909. The van der Waals surface area contributed by atoms with E-state index in [0.29, 0.717) is 5.56 Å². The van der Waals surface area contributed by atoms with Crippen molar-refractivity contribution in [2.75, 3.05) is 4.90 Å². The highest BCUT2D eigenvalue weighted by atomic mass is 32.2. The molecule has 1 fully saturated rings. The first-order valence-electron chi connectivity index (χ1n) is 9.70. The molecule has 11 heteroatoms. The number of non-ortho nitro benzene ring substituents is 1. The molecule has 1 saturated heterocycles. The van der Waals surface area contributed by atoms with Crippen LogP contribution < -0.4 is 10.6 Å². The zero-order valence-corrected chi connectivity index (χ0v) is 17.8. The van der Waals surface area contributed by atoms with Gasteiger partial charge < -0.3 is 10.8 Å². The van der Waals surface area contributed by atoms with Gasteiger partial charge in [0.15, 0.2) is 5.17 Å². The summed E-state index contributed by atoms with van der Waals surface area (Å²) in [5.41, 5.74) is 6.26. The number of carbonyl (C=O) groups is 2. The Hall–Kier alpha value is -4.25. The Balaban J connectivity index is 1.49. The SMILES string of the molecule is NC(=N/N=C\c1c(O)ccc2ccccc12)S[C@@H]1CC(=O)N(c2cccc([N+](=O)[O-])c2)C1=O. The number of phenolic OH excluding ortho intramolecular Hbond substituents is 1. The van der Waals surface area contributed by atoms with Gasteiger partial charge in [0.2, 0.25) is 11.8 Å². The van der Waals surface area contributed by atoms with E-state index in [9.17, 15) is 24.8 Å². The van der Waals surface area contributed by atoms with Crippen LogP contribution in [0.2, 0.25) is 0 Å². The second-order valence-electron chi connectivity index (χ2n) is 7.06. The predicted molar refractivity (Wildman–Crippen MR) is 126 cm³/mol. The van der Waals surface area contributed by atoms with Gasteiger partial charge in [-0.1, -0.05) is 48.2 Å². The summed E-state index contributed by atoms with van der Waals surface area (Å²) in [5.74, 6) is -1.00. The summed E-state index contributed by atoms with van der Waals surface area (Å²) >= 11 is 0.877. The number of hydrogen-bond donors (Lipinski definition) is 2. The third-order valence-corrected chi connectivity index (χ3v) is 5.93. The van der Waals surface area contributed by atoms with Gasteiger partial charge in [-0.15, -0.1) is 5.10 Å². The number of carbonyl (C=O) groups excluding carboxylic acids is 2. The van der Waals surface area contributed by atoms with Crippen LogP contribution in [-0.4, -0.2) is 38.5 Å². The van der Waals surface area contributed by atoms with Crippen molar-refractivity contribution >= 4 is 57.1 Å². The van der Waals surface area contributed by atoms with Gasteiger partial charge >= 0.3 is 0 Å². The Bertz CT molecular complexity index is 1340. The number of benzene rings is 3. The number of fused-ring (bicyclic) bond motifs is 1. The minimum absolute atomic E-state index is 0.0306. The fourth-order valence-corrected chi connectivity index (χ4v) is 4.26. The van der Waals surface area contributed by atoms with Crippen LogP contribution in [0.15, 0.2) is 70.9 Å². The molecule has 2 amide bonds. The lowest BCUT2D eigenvalue weighted by atomic mass is 10.0. The van der Waals surface area contributed by atoms with Crippen molar-refractivity contribution < 1.29 is 19.6 Å². The van der Waals surface area contributed by atoms with E-state index in [2.05, 4.69) is 10.2 Å². The minimum atomic E-state index is -0.832. The van der Waals surface area contributed by atoms with E-state index in [-0.39, 0.29) is 28.7 Å². The Morgan fingerprint density at radius 1 is 1.18 bits per heavy atom. The molecular formula is C22H17N5O5S. The fourth-order valence-electron chi connectivity index (χ4n) is 3.45. The van der Waals surface area contributed by atoms with Gasteiger partial charge in [-0.05, 0) is 22.9 Å². The molecule has 3 aromatic rings. The van der Waals surface area contributed by atoms with Crippen LogP contribution in [-0.2, 0) is 9.59 Å². The predicted octanol–water partition coefficient (Wildman–Crippen LogP) is 3.17. The Morgan fingerprint density at radius 2 is 1.97 bits per heavy atom. The average Bonchev–Trinajstić information content (AvgIpc) is 3.07. The monoisotopic (exact) mass is 463 g/mol. The first-order chi connectivity index (χ1) is 15.8. The van der Waals surface area contributed by atoms with Crippen molar-refractivity contribution in [3.8, 4) is 5.75 Å². The summed E-state index contributed by atoms with van der Waals surface area (Å²) in [6, 6.07) is 16.1. The molecule has 1 aliphatic heterocycles. The Kier molecular flexibility index (Phi) is 6.05. The van der Waals surface area contributed by atoms with E-state index >= 15 is 0 Å². The van der Waals surface area contributed by atoms with Crippen LogP contribution >= 0.6 is 11.8 Å². The molecule has 0 unspecified atom stereocenters. The normalized spacial score (nSPS) is 16.8. The number of rotatable bonds is 5. The van der Waals surface area contributed by atoms with Crippen LogP contribution in [0, 0.1) is 10.1 Å². The third-order valence-electron chi connectivity index (χ3n) is 4.96. The summed E-state index contributed by atoms with van der Waals surface area (Å²) < 4.78 is 0. The second-order valence-corrected chi connectivity index (χ2v) is 8.28. The first kappa shape index (κ1) is 22.0. The molecule has 4 rings (SSSR count). The van der Waals surface area contributed by atoms with Gasteiger partial charge in [0, 0.05) is 24.1 Å². The highest BCUT2D eigenvalue weighted by Crippen LogP contribution is 2.31. The standard InChI is InChI=1S/C22H17N5O5S/c23-22(25-24-12-17-16-7-2-1-4-13(16)8-9-18(17)28)33-19-11-20(29)26(21(19)30)14-5-3-6-15(10-14)27(31)32/h1-10,12,19,28H,11H2,(H2,23,25)/b24-12-/t19-/m1/s1. The van der Waals surface area contributed by atoms with Crippen LogP contribution in [0.4, 0.5) is 11.4 Å². The molecule has 10 nitrogen and oxygen atoms in total. The number of nitrogens with zero attached hydrogens (tertiary/aromatic N) is 4. The number of thioether (sulfide) groups is 1. The molecule has 0 aliphatic carbocycles. The zero-order valence-electron chi connectivity index (χ0n) is 17.0. The van der Waals surface area contributed by atoms with Crippen molar-refractivity contribution in [1.29, 1.82) is 0 Å². The Morgan fingerprint density at radius 3 is 2.76 bits per heavy atom. The topological polar surface area (TPSA) is 151 Å². The van der Waals surface area contributed by atoms with Crippen molar-refractivity contribution in [1.82, 2.24) is 0 Å². The third kappa shape index (κ3) is 4.53. The van der Waals surface area contributed by atoms with Gasteiger partial charge in [-0.3, -0.25) is 19.7 Å². The summed E-state index contributed by atoms with van der Waals surface area (Å²) in [5, 5.41) is 29.8. The van der Waals surface area contributed by atoms with Gasteiger partial charge in [0.05, 0.1) is 16.8 Å². The lowest BCUT2D eigenvalue weighted by molar-refractivity contribution is -0.384. The van der Waals surface area contributed by atoms with Crippen LogP contribution in [0.3, 0.4) is 0 Å². The summed E-state index contributed by atoms with van der Waals surface area (Å²) in [4.78, 5) is 36.5. The van der Waals surface area contributed by atoms with E-state index in [4.69, 9.17) is 5.73 Å². The molecule has 166 valence electrons. The molecule has 0 bridgehead atoms. The molecule has 1 atom stereocenters. The summed E-state index contributed by atoms with van der Waals surface area (Å²) in [6.07, 6.45) is 1.23. The second kappa shape index (κ2) is 9.09. The van der Waals surface area contributed by atoms with Crippen LogP contribution in [0.1, 0.15) is 12.0 Å². The van der Waals surface area contributed by atoms with Gasteiger partial charge in [0.25, 0.3) is 5.69 Å². The van der Waals surface area contributed by atoms with Gasteiger partial charge in [-0.25, -0.2) is 4.90 Å². The Labute approximate surface area is 191 Å². The minimum Gasteiger partial charge on any atom is -0.507 e. The molecule has 1 heterocycles. The number of amides is 2. The number of amidine groups is 1. The van der Waals surface area contributed by atoms with Crippen molar-refractivity contribution in [2.24, 2.45) is 15.9 Å². The molecule has 1 aliphatic rings. The number of hydrogen-bond acceptors (Lipinski definition) is 8. The van der Waals surface area contributed by atoms with E-state index < -0.39 is 22.0 Å². The highest BCUT2D eigenvalue weighted by Gasteiger charge is 2.41. The average molecular weight is 463 g/mol. The molecule has 0 saturated carbocycles. The van der Waals surface area contributed by atoms with Crippen molar-refractivity contribution in [2.45, 2.75) is 11.7 Å². The van der Waals surface area contributed by atoms with E-state index in [1.165, 1.54) is 30.5 Å². The number of imide groups is 1. The zero-order chi connectivity index (χ0) is 23.5. The van der Waals surface area contributed by atoms with Crippen molar-refractivity contribution in [3.63, 3.8) is 0 Å². The molecule has 0 spiro atoms. The quantitative estimate of drug-likeness (QED) is 0.194. The number of nitrogens with two attached hydrogens (primary N) is 1. The largest absolute Gasteiger partial charge is 0.507 e. The molecule has 0 radical (unpaired) electrons. The molecule has 3 aromatic carbocycles. The van der Waals surface area contributed by atoms with Crippen LogP contribution in [0.5, 0.6) is 5.75 Å². The highest BCUT2D eigenvalue weighted by molar-refractivity contribution is 8.14. The van der Waals surface area contributed by atoms with Crippen molar-refractivity contribution in [3.05, 3.63) is 76.3 Å². The van der Waals surface area contributed by atoms with E-state index in [1.807, 2.05) is 24.3 Å². The van der Waals surface area contributed by atoms with E-state index in [1.54, 1.807) is 12.1 Å². The van der Waals surface area contributed by atoms with Gasteiger partial charge in [-0.2, -0.15) is 5.10 Å². The smallest absolute Gasteiger partial charge is 0.271 e. The number of anilines is 1. The maximum atomic E-state index is 12.8.